The molecule has 5 heteroatoms. The predicted molar refractivity (Wildman–Crippen MR) is 103 cm³/mol. The fourth-order valence-electron chi connectivity index (χ4n) is 2.57. The van der Waals surface area contributed by atoms with Crippen LogP contribution in [0, 0.1) is 5.41 Å². The molecule has 1 aromatic rings. The number of nitrogens with zero attached hydrogens (tertiary/aromatic N) is 1. The predicted octanol–water partition coefficient (Wildman–Crippen LogP) is 6.55. The standard InChI is InChI=1S/C18H24ClNOS2/c1-6-7-9-20-12(2)17(18(3,4)5)23-15(20)11-14(21)16-13(19)8-10-22-16/h8,10-11H,6-7,9H2,1-5H3/b15-11-. The van der Waals surface area contributed by atoms with Crippen LogP contribution >= 0.6 is 34.7 Å². The van der Waals surface area contributed by atoms with E-state index >= 15 is 0 Å². The fraction of sp³-hybridized carbons (Fsp3) is 0.500. The number of thiophene rings is 1. The quantitative estimate of drug-likeness (QED) is 0.433. The van der Waals surface area contributed by atoms with Crippen molar-refractivity contribution in [3.63, 3.8) is 0 Å². The molecule has 2 rings (SSSR count). The summed E-state index contributed by atoms with van der Waals surface area (Å²) in [7, 11) is 0. The summed E-state index contributed by atoms with van der Waals surface area (Å²) in [5, 5.41) is 3.42. The van der Waals surface area contributed by atoms with Gasteiger partial charge in [-0.05, 0) is 30.2 Å². The first-order valence-corrected chi connectivity index (χ1v) is 9.99. The molecule has 126 valence electrons. The minimum absolute atomic E-state index is 0.00282. The van der Waals surface area contributed by atoms with Crippen LogP contribution in [0.5, 0.6) is 0 Å². The van der Waals surface area contributed by atoms with Gasteiger partial charge in [-0.3, -0.25) is 4.79 Å². The molecule has 0 fully saturated rings. The van der Waals surface area contributed by atoms with Gasteiger partial charge in [-0.2, -0.15) is 0 Å². The highest BCUT2D eigenvalue weighted by Crippen LogP contribution is 2.49. The van der Waals surface area contributed by atoms with E-state index in [1.807, 2.05) is 5.38 Å². The van der Waals surface area contributed by atoms with Crippen LogP contribution in [0.2, 0.25) is 5.02 Å². The second-order valence-electron chi connectivity index (χ2n) is 6.72. The Bertz CT molecular complexity index is 652. The number of rotatable bonds is 5. The van der Waals surface area contributed by atoms with Crippen molar-refractivity contribution < 1.29 is 4.79 Å². The molecule has 0 unspecified atom stereocenters. The van der Waals surface area contributed by atoms with Gasteiger partial charge in [0.2, 0.25) is 0 Å². The van der Waals surface area contributed by atoms with Crippen molar-refractivity contribution in [3.8, 4) is 0 Å². The van der Waals surface area contributed by atoms with Gasteiger partial charge in [0.25, 0.3) is 0 Å². The van der Waals surface area contributed by atoms with E-state index in [0.29, 0.717) is 9.90 Å². The first-order chi connectivity index (χ1) is 10.8. The number of hydrogen-bond donors (Lipinski definition) is 0. The molecule has 0 N–H and O–H groups in total. The summed E-state index contributed by atoms with van der Waals surface area (Å²) in [6.07, 6.45) is 4.00. The van der Waals surface area contributed by atoms with E-state index in [-0.39, 0.29) is 11.2 Å². The van der Waals surface area contributed by atoms with Crippen molar-refractivity contribution >= 4 is 40.5 Å². The Morgan fingerprint density at radius 3 is 2.61 bits per heavy atom. The molecule has 0 atom stereocenters. The van der Waals surface area contributed by atoms with Crippen LogP contribution < -0.4 is 0 Å². The van der Waals surface area contributed by atoms with Gasteiger partial charge in [0.05, 0.1) is 14.9 Å². The first-order valence-electron chi connectivity index (χ1n) is 7.91. The molecular weight excluding hydrogens is 346 g/mol. The van der Waals surface area contributed by atoms with Crippen molar-refractivity contribution in [1.29, 1.82) is 0 Å². The summed E-state index contributed by atoms with van der Waals surface area (Å²) >= 11 is 9.22. The smallest absolute Gasteiger partial charge is 0.199 e. The number of ketones is 1. The van der Waals surface area contributed by atoms with Gasteiger partial charge in [0, 0.05) is 23.2 Å². The van der Waals surface area contributed by atoms with Crippen molar-refractivity contribution in [3.05, 3.63) is 43.1 Å². The largest absolute Gasteiger partial charge is 0.339 e. The van der Waals surface area contributed by atoms with Crippen LogP contribution in [-0.2, 0) is 0 Å². The first kappa shape index (κ1) is 18.6. The van der Waals surface area contributed by atoms with E-state index < -0.39 is 0 Å². The summed E-state index contributed by atoms with van der Waals surface area (Å²) in [5.74, 6) is -0.00282. The molecular formula is C18H24ClNOS2. The van der Waals surface area contributed by atoms with Crippen molar-refractivity contribution in [2.45, 2.75) is 47.5 Å². The van der Waals surface area contributed by atoms with Gasteiger partial charge < -0.3 is 4.90 Å². The van der Waals surface area contributed by atoms with Crippen LogP contribution in [0.4, 0.5) is 0 Å². The van der Waals surface area contributed by atoms with E-state index in [2.05, 4.69) is 39.5 Å². The highest BCUT2D eigenvalue weighted by molar-refractivity contribution is 8.07. The third kappa shape index (κ3) is 4.23. The average molecular weight is 370 g/mol. The molecule has 0 saturated heterocycles. The summed E-state index contributed by atoms with van der Waals surface area (Å²) in [4.78, 5) is 16.8. The van der Waals surface area contributed by atoms with Crippen LogP contribution in [0.15, 0.2) is 33.2 Å². The third-order valence-corrected chi connectivity index (χ3v) is 6.73. The Labute approximate surface area is 152 Å². The van der Waals surface area contributed by atoms with Crippen molar-refractivity contribution in [2.24, 2.45) is 5.41 Å². The van der Waals surface area contributed by atoms with E-state index in [4.69, 9.17) is 11.6 Å². The Morgan fingerprint density at radius 1 is 1.39 bits per heavy atom. The molecule has 0 radical (unpaired) electrons. The van der Waals surface area contributed by atoms with Crippen LogP contribution in [0.1, 0.15) is 57.1 Å². The molecule has 1 aliphatic rings. The Morgan fingerprint density at radius 2 is 2.09 bits per heavy atom. The summed E-state index contributed by atoms with van der Waals surface area (Å²) in [6, 6.07) is 1.78. The minimum Gasteiger partial charge on any atom is -0.339 e. The number of carbonyl (C=O) groups excluding carboxylic acids is 1. The fourth-order valence-corrected chi connectivity index (χ4v) is 4.90. The topological polar surface area (TPSA) is 20.3 Å². The highest BCUT2D eigenvalue weighted by Gasteiger charge is 2.32. The number of allylic oxidation sites excluding steroid dienone is 3. The zero-order valence-corrected chi connectivity index (χ0v) is 16.8. The van der Waals surface area contributed by atoms with Crippen LogP contribution in [0.25, 0.3) is 0 Å². The van der Waals surface area contributed by atoms with Gasteiger partial charge in [-0.25, -0.2) is 0 Å². The SMILES string of the molecule is CCCCN1C(C)=C(C(C)(C)C)S/C1=C\C(=O)c1sccc1Cl. The second kappa shape index (κ2) is 7.45. The van der Waals surface area contributed by atoms with Crippen molar-refractivity contribution in [2.75, 3.05) is 6.54 Å². The maximum Gasteiger partial charge on any atom is 0.199 e. The maximum absolute atomic E-state index is 12.6. The molecule has 0 saturated carbocycles. The van der Waals surface area contributed by atoms with E-state index in [1.54, 1.807) is 23.9 Å². The molecule has 0 aromatic carbocycles. The molecule has 0 aliphatic carbocycles. The molecule has 2 heterocycles. The monoisotopic (exact) mass is 369 g/mol. The number of halogens is 1. The molecule has 0 bridgehead atoms. The van der Waals surface area contributed by atoms with E-state index in [0.717, 1.165) is 24.4 Å². The van der Waals surface area contributed by atoms with Crippen molar-refractivity contribution in [1.82, 2.24) is 4.90 Å². The molecule has 2 nitrogen and oxygen atoms in total. The number of hydrogen-bond acceptors (Lipinski definition) is 4. The zero-order valence-electron chi connectivity index (χ0n) is 14.4. The normalized spacial score (nSPS) is 17.5. The Hall–Kier alpha value is -0.710. The molecule has 0 amide bonds. The third-order valence-electron chi connectivity index (χ3n) is 3.72. The lowest BCUT2D eigenvalue weighted by molar-refractivity contribution is 0.104. The Kier molecular flexibility index (Phi) is 6.04. The molecule has 0 spiro atoms. The number of unbranched alkanes of at least 4 members (excludes halogenated alkanes) is 1. The minimum atomic E-state index is -0.00282. The number of thioether (sulfide) groups is 1. The molecule has 1 aromatic heterocycles. The second-order valence-corrected chi connectivity index (χ2v) is 9.07. The van der Waals surface area contributed by atoms with Gasteiger partial charge >= 0.3 is 0 Å². The van der Waals surface area contributed by atoms with Gasteiger partial charge in [0.15, 0.2) is 5.78 Å². The maximum atomic E-state index is 12.6. The zero-order chi connectivity index (χ0) is 17.2. The summed E-state index contributed by atoms with van der Waals surface area (Å²) < 4.78 is 0. The van der Waals surface area contributed by atoms with Gasteiger partial charge in [0.1, 0.15) is 0 Å². The van der Waals surface area contributed by atoms with E-state index in [1.165, 1.54) is 21.9 Å². The number of carbonyl (C=O) groups is 1. The Balaban J connectivity index is 2.32. The van der Waals surface area contributed by atoms with Gasteiger partial charge in [-0.15, -0.1) is 11.3 Å². The van der Waals surface area contributed by atoms with Crippen LogP contribution in [-0.4, -0.2) is 17.2 Å². The average Bonchev–Trinajstić information content (AvgIpc) is 3.01. The lowest BCUT2D eigenvalue weighted by Crippen LogP contribution is -2.19. The lowest BCUT2D eigenvalue weighted by atomic mass is 9.94. The lowest BCUT2D eigenvalue weighted by Gasteiger charge is -2.22. The molecule has 23 heavy (non-hydrogen) atoms. The summed E-state index contributed by atoms with van der Waals surface area (Å²) in [6.45, 7) is 12.0. The highest BCUT2D eigenvalue weighted by atomic mass is 35.5. The molecule has 1 aliphatic heterocycles. The summed E-state index contributed by atoms with van der Waals surface area (Å²) in [5.41, 5.74) is 1.35. The van der Waals surface area contributed by atoms with Gasteiger partial charge in [-0.1, -0.05) is 57.5 Å². The van der Waals surface area contributed by atoms with Crippen LogP contribution in [0.3, 0.4) is 0 Å². The van der Waals surface area contributed by atoms with E-state index in [9.17, 15) is 4.79 Å².